The lowest BCUT2D eigenvalue weighted by Crippen LogP contribution is -2.46. The lowest BCUT2D eigenvalue weighted by Gasteiger charge is -2.21. The first-order chi connectivity index (χ1) is 13.0. The molecule has 2 N–H and O–H groups in total. The molecular weight excluding hydrogens is 344 g/mol. The summed E-state index contributed by atoms with van der Waals surface area (Å²) < 4.78 is 4.91. The van der Waals surface area contributed by atoms with Crippen molar-refractivity contribution in [2.45, 2.75) is 32.4 Å². The van der Waals surface area contributed by atoms with Crippen LogP contribution in [0.1, 0.15) is 31.0 Å². The van der Waals surface area contributed by atoms with Gasteiger partial charge in [0.25, 0.3) is 0 Å². The van der Waals surface area contributed by atoms with E-state index in [-0.39, 0.29) is 18.9 Å². The minimum Gasteiger partial charge on any atom is -0.464 e. The van der Waals surface area contributed by atoms with Crippen LogP contribution in [0.25, 0.3) is 0 Å². The zero-order valence-electron chi connectivity index (χ0n) is 15.5. The number of nitrogens with one attached hydrogen (secondary N) is 2. The van der Waals surface area contributed by atoms with E-state index in [1.165, 1.54) is 0 Å². The fraction of sp³-hybridized carbons (Fsp3) is 0.286. The Morgan fingerprint density at radius 3 is 2.11 bits per heavy atom. The highest BCUT2D eigenvalue weighted by molar-refractivity contribution is 5.91. The molecule has 2 aromatic rings. The number of esters is 1. The van der Waals surface area contributed by atoms with Crippen LogP contribution >= 0.6 is 0 Å². The maximum atomic E-state index is 12.7. The van der Waals surface area contributed by atoms with Crippen LogP contribution in [-0.4, -0.2) is 30.4 Å². The highest BCUT2D eigenvalue weighted by Gasteiger charge is 2.26. The van der Waals surface area contributed by atoms with Crippen LogP contribution in [0.3, 0.4) is 0 Å². The van der Waals surface area contributed by atoms with Gasteiger partial charge in [0.1, 0.15) is 12.1 Å². The Balaban J connectivity index is 2.10. The van der Waals surface area contributed by atoms with Gasteiger partial charge in [0.2, 0.25) is 11.8 Å². The highest BCUT2D eigenvalue weighted by Crippen LogP contribution is 2.14. The molecule has 2 amide bonds. The third-order valence-electron chi connectivity index (χ3n) is 3.91. The first-order valence-electron chi connectivity index (χ1n) is 8.86. The maximum Gasteiger partial charge on any atom is 0.328 e. The number of amides is 2. The van der Waals surface area contributed by atoms with Gasteiger partial charge in [-0.3, -0.25) is 9.59 Å². The molecule has 0 spiro atoms. The molecule has 2 rings (SSSR count). The highest BCUT2D eigenvalue weighted by atomic mass is 16.5. The molecule has 0 saturated heterocycles. The van der Waals surface area contributed by atoms with Crippen molar-refractivity contribution >= 4 is 17.8 Å². The molecule has 0 unspecified atom stereocenters. The molecule has 0 aliphatic heterocycles. The van der Waals surface area contributed by atoms with Crippen LogP contribution in [0.2, 0.25) is 0 Å². The van der Waals surface area contributed by atoms with Gasteiger partial charge in [0, 0.05) is 0 Å². The van der Waals surface area contributed by atoms with Gasteiger partial charge < -0.3 is 15.4 Å². The van der Waals surface area contributed by atoms with Gasteiger partial charge in [-0.05, 0) is 25.0 Å². The van der Waals surface area contributed by atoms with Gasteiger partial charge in [-0.2, -0.15) is 0 Å². The lowest BCUT2D eigenvalue weighted by atomic mass is 10.0. The topological polar surface area (TPSA) is 84.5 Å². The van der Waals surface area contributed by atoms with Crippen molar-refractivity contribution in [3.05, 3.63) is 71.8 Å². The van der Waals surface area contributed by atoms with E-state index in [2.05, 4.69) is 10.6 Å². The first kappa shape index (κ1) is 20.2. The van der Waals surface area contributed by atoms with Crippen molar-refractivity contribution in [3.63, 3.8) is 0 Å². The number of hydrogen-bond donors (Lipinski definition) is 2. The number of hydrogen-bond acceptors (Lipinski definition) is 4. The third kappa shape index (κ3) is 6.26. The second-order valence-electron chi connectivity index (χ2n) is 6.06. The predicted molar refractivity (Wildman–Crippen MR) is 102 cm³/mol. The van der Waals surface area contributed by atoms with Gasteiger partial charge in [-0.1, -0.05) is 60.7 Å². The Morgan fingerprint density at radius 2 is 1.52 bits per heavy atom. The van der Waals surface area contributed by atoms with Crippen molar-refractivity contribution in [3.8, 4) is 0 Å². The zero-order valence-corrected chi connectivity index (χ0v) is 15.5. The van der Waals surface area contributed by atoms with Crippen molar-refractivity contribution in [1.29, 1.82) is 0 Å². The summed E-state index contributed by atoms with van der Waals surface area (Å²) in [5.74, 6) is -1.27. The van der Waals surface area contributed by atoms with E-state index in [1.54, 1.807) is 38.1 Å². The fourth-order valence-corrected chi connectivity index (χ4v) is 2.56. The second kappa shape index (κ2) is 10.1. The third-order valence-corrected chi connectivity index (χ3v) is 3.91. The van der Waals surface area contributed by atoms with Gasteiger partial charge in [0.05, 0.1) is 13.0 Å². The van der Waals surface area contributed by atoms with Gasteiger partial charge in [-0.15, -0.1) is 0 Å². The maximum absolute atomic E-state index is 12.7. The summed E-state index contributed by atoms with van der Waals surface area (Å²) in [6.07, 6.45) is 0.158. The van der Waals surface area contributed by atoms with E-state index in [0.717, 1.165) is 5.56 Å². The largest absolute Gasteiger partial charge is 0.464 e. The minimum atomic E-state index is -0.903. The zero-order chi connectivity index (χ0) is 19.6. The van der Waals surface area contributed by atoms with E-state index < -0.39 is 24.0 Å². The molecule has 2 aromatic carbocycles. The summed E-state index contributed by atoms with van der Waals surface area (Å²) >= 11 is 0. The molecule has 0 heterocycles. The van der Waals surface area contributed by atoms with Crippen LogP contribution in [0.5, 0.6) is 0 Å². The summed E-state index contributed by atoms with van der Waals surface area (Å²) in [6.45, 7) is 3.47. The van der Waals surface area contributed by atoms with Gasteiger partial charge in [-0.25, -0.2) is 4.79 Å². The van der Waals surface area contributed by atoms with Crippen molar-refractivity contribution in [2.75, 3.05) is 6.61 Å². The molecule has 0 aliphatic rings. The minimum absolute atomic E-state index is 0.158. The molecule has 6 heteroatoms. The quantitative estimate of drug-likeness (QED) is 0.700. The molecule has 27 heavy (non-hydrogen) atoms. The van der Waals surface area contributed by atoms with Crippen LogP contribution in [-0.2, 0) is 25.5 Å². The molecule has 0 fully saturated rings. The monoisotopic (exact) mass is 368 g/mol. The molecule has 0 bridgehead atoms. The number of ether oxygens (including phenoxy) is 1. The predicted octanol–water partition coefficient (Wildman–Crippen LogP) is 2.15. The SMILES string of the molecule is CCOC(=O)[C@H](C)NC(=O)[C@@H](NC(=O)Cc1ccccc1)c1ccccc1. The average Bonchev–Trinajstić information content (AvgIpc) is 2.67. The molecule has 6 nitrogen and oxygen atoms in total. The summed E-state index contributed by atoms with van der Waals surface area (Å²) in [5.41, 5.74) is 1.48. The lowest BCUT2D eigenvalue weighted by molar-refractivity contribution is -0.147. The summed E-state index contributed by atoms with van der Waals surface area (Å²) in [6, 6.07) is 16.5. The second-order valence-corrected chi connectivity index (χ2v) is 6.06. The van der Waals surface area contributed by atoms with Crippen LogP contribution in [0.15, 0.2) is 60.7 Å². The molecule has 0 aromatic heterocycles. The van der Waals surface area contributed by atoms with Crippen LogP contribution in [0, 0.1) is 0 Å². The van der Waals surface area contributed by atoms with Gasteiger partial charge in [0.15, 0.2) is 0 Å². The first-order valence-corrected chi connectivity index (χ1v) is 8.86. The van der Waals surface area contributed by atoms with E-state index in [0.29, 0.717) is 5.56 Å². The summed E-state index contributed by atoms with van der Waals surface area (Å²) in [4.78, 5) is 36.9. The molecule has 142 valence electrons. The van der Waals surface area contributed by atoms with Crippen molar-refractivity contribution in [2.24, 2.45) is 0 Å². The van der Waals surface area contributed by atoms with Crippen molar-refractivity contribution < 1.29 is 19.1 Å². The Kier molecular flexibility index (Phi) is 7.55. The fourth-order valence-electron chi connectivity index (χ4n) is 2.56. The molecule has 0 radical (unpaired) electrons. The normalized spacial score (nSPS) is 12.5. The van der Waals surface area contributed by atoms with E-state index in [4.69, 9.17) is 4.74 Å². The smallest absolute Gasteiger partial charge is 0.328 e. The van der Waals surface area contributed by atoms with E-state index in [9.17, 15) is 14.4 Å². The Hall–Kier alpha value is -3.15. The van der Waals surface area contributed by atoms with Crippen LogP contribution < -0.4 is 10.6 Å². The number of carbonyl (C=O) groups is 3. The van der Waals surface area contributed by atoms with Gasteiger partial charge >= 0.3 is 5.97 Å². The van der Waals surface area contributed by atoms with E-state index in [1.807, 2.05) is 36.4 Å². The number of benzene rings is 2. The Morgan fingerprint density at radius 1 is 0.926 bits per heavy atom. The average molecular weight is 368 g/mol. The number of carbonyl (C=O) groups excluding carboxylic acids is 3. The summed E-state index contributed by atoms with van der Waals surface area (Å²) in [5, 5.41) is 5.36. The summed E-state index contributed by atoms with van der Waals surface area (Å²) in [7, 11) is 0. The molecule has 0 saturated carbocycles. The Bertz CT molecular complexity index is 762. The van der Waals surface area contributed by atoms with Crippen molar-refractivity contribution in [1.82, 2.24) is 10.6 Å². The standard InChI is InChI=1S/C21H24N2O4/c1-3-27-21(26)15(2)22-20(25)19(17-12-8-5-9-13-17)23-18(24)14-16-10-6-4-7-11-16/h4-13,15,19H,3,14H2,1-2H3,(H,22,25)(H,23,24)/t15-,19-/m0/s1. The number of rotatable bonds is 8. The molecule has 2 atom stereocenters. The molecule has 0 aliphatic carbocycles. The Labute approximate surface area is 158 Å². The molecular formula is C21H24N2O4. The van der Waals surface area contributed by atoms with E-state index >= 15 is 0 Å². The van der Waals surface area contributed by atoms with Crippen LogP contribution in [0.4, 0.5) is 0 Å².